The number of pyridine rings is 1. The largest absolute Gasteiger partial charge is 0.491 e. The molecule has 1 aromatic heterocycles. The van der Waals surface area contributed by atoms with Crippen molar-refractivity contribution in [2.75, 3.05) is 50.1 Å². The van der Waals surface area contributed by atoms with Crippen LogP contribution in [0.5, 0.6) is 5.75 Å². The Labute approximate surface area is 190 Å². The van der Waals surface area contributed by atoms with Crippen LogP contribution in [-0.2, 0) is 4.74 Å². The highest BCUT2D eigenvalue weighted by atomic mass is 35.5. The van der Waals surface area contributed by atoms with Crippen molar-refractivity contribution >= 4 is 35.2 Å². The maximum absolute atomic E-state index is 12.3. The van der Waals surface area contributed by atoms with Crippen molar-refractivity contribution in [3.05, 3.63) is 47.1 Å². The minimum Gasteiger partial charge on any atom is -0.491 e. The van der Waals surface area contributed by atoms with Gasteiger partial charge in [0.15, 0.2) is 0 Å². The Hall–Kier alpha value is -3.55. The molecule has 11 heteroatoms. The molecule has 0 aliphatic carbocycles. The number of nitriles is 1. The molecule has 0 bridgehead atoms. The molecule has 4 amide bonds. The van der Waals surface area contributed by atoms with Crippen molar-refractivity contribution in [3.8, 4) is 11.8 Å². The molecule has 0 spiro atoms. The number of amides is 4. The lowest BCUT2D eigenvalue weighted by atomic mass is 10.3. The second-order valence-electron chi connectivity index (χ2n) is 6.80. The van der Waals surface area contributed by atoms with Crippen molar-refractivity contribution in [1.29, 1.82) is 5.26 Å². The summed E-state index contributed by atoms with van der Waals surface area (Å²) < 4.78 is 11.0. The van der Waals surface area contributed by atoms with E-state index in [4.69, 9.17) is 26.3 Å². The van der Waals surface area contributed by atoms with E-state index in [-0.39, 0.29) is 6.03 Å². The summed E-state index contributed by atoms with van der Waals surface area (Å²) in [6, 6.07) is 9.27. The number of rotatable bonds is 7. The molecule has 3 rings (SSSR count). The lowest BCUT2D eigenvalue weighted by Crippen LogP contribution is -2.46. The standard InChI is InChI=1S/C21H23ClN6O4/c22-16-3-4-18(32-9-1-6-24-21(30)28-7-10-31-11-8-28)17(12-16)26-20(29)27-19-5-2-15(13-23)14-25-19/h2-5,12,14H,1,6-11H2,(H,24,30)(H2,25,26,27,29). The van der Waals surface area contributed by atoms with E-state index in [0.29, 0.717) is 73.7 Å². The molecule has 1 aliphatic rings. The lowest BCUT2D eigenvalue weighted by Gasteiger charge is -2.26. The van der Waals surface area contributed by atoms with Gasteiger partial charge in [-0.2, -0.15) is 5.26 Å². The van der Waals surface area contributed by atoms with Crippen LogP contribution in [0.25, 0.3) is 0 Å². The Balaban J connectivity index is 1.46. The van der Waals surface area contributed by atoms with Gasteiger partial charge in [-0.25, -0.2) is 14.6 Å². The van der Waals surface area contributed by atoms with Gasteiger partial charge in [-0.05, 0) is 36.8 Å². The predicted molar refractivity (Wildman–Crippen MR) is 119 cm³/mol. The zero-order valence-electron chi connectivity index (χ0n) is 17.3. The van der Waals surface area contributed by atoms with Gasteiger partial charge in [0.1, 0.15) is 17.6 Å². The highest BCUT2D eigenvalue weighted by molar-refractivity contribution is 6.31. The van der Waals surface area contributed by atoms with Gasteiger partial charge in [0.25, 0.3) is 0 Å². The number of urea groups is 2. The smallest absolute Gasteiger partial charge is 0.324 e. The summed E-state index contributed by atoms with van der Waals surface area (Å²) in [4.78, 5) is 30.1. The minimum atomic E-state index is -0.535. The predicted octanol–water partition coefficient (Wildman–Crippen LogP) is 3.06. The first-order valence-corrected chi connectivity index (χ1v) is 10.4. The number of halogens is 1. The molecule has 0 saturated carbocycles. The Morgan fingerprint density at radius 3 is 2.75 bits per heavy atom. The zero-order chi connectivity index (χ0) is 22.8. The molecule has 10 nitrogen and oxygen atoms in total. The van der Waals surface area contributed by atoms with Crippen LogP contribution in [0.1, 0.15) is 12.0 Å². The minimum absolute atomic E-state index is 0.116. The number of carbonyl (C=O) groups excluding carboxylic acids is 2. The number of nitrogens with zero attached hydrogens (tertiary/aromatic N) is 3. The Morgan fingerprint density at radius 2 is 2.03 bits per heavy atom. The van der Waals surface area contributed by atoms with Crippen molar-refractivity contribution in [1.82, 2.24) is 15.2 Å². The number of aromatic nitrogens is 1. The average Bonchev–Trinajstić information content (AvgIpc) is 2.81. The molecule has 168 valence electrons. The summed E-state index contributed by atoms with van der Waals surface area (Å²) in [5.41, 5.74) is 0.781. The number of carbonyl (C=O) groups is 2. The van der Waals surface area contributed by atoms with Gasteiger partial charge in [-0.1, -0.05) is 11.6 Å². The van der Waals surface area contributed by atoms with E-state index < -0.39 is 6.03 Å². The fourth-order valence-corrected chi connectivity index (χ4v) is 3.03. The molecule has 2 heterocycles. The van der Waals surface area contributed by atoms with E-state index in [1.165, 1.54) is 12.3 Å². The van der Waals surface area contributed by atoms with Crippen LogP contribution in [-0.4, -0.2) is 61.4 Å². The third-order valence-corrected chi connectivity index (χ3v) is 4.71. The van der Waals surface area contributed by atoms with E-state index in [1.54, 1.807) is 29.2 Å². The topological polar surface area (TPSA) is 129 Å². The number of anilines is 2. The summed E-state index contributed by atoms with van der Waals surface area (Å²) in [6.45, 7) is 3.07. The molecule has 0 unspecified atom stereocenters. The van der Waals surface area contributed by atoms with Crippen LogP contribution < -0.4 is 20.7 Å². The summed E-state index contributed by atoms with van der Waals surface area (Å²) in [7, 11) is 0. The van der Waals surface area contributed by atoms with Crippen LogP contribution in [0.15, 0.2) is 36.5 Å². The molecule has 0 radical (unpaired) electrons. The molecule has 1 aromatic carbocycles. The van der Waals surface area contributed by atoms with Gasteiger partial charge in [0.05, 0.1) is 31.1 Å². The third kappa shape index (κ3) is 7.01. The molecule has 1 aliphatic heterocycles. The summed E-state index contributed by atoms with van der Waals surface area (Å²) >= 11 is 6.06. The fourth-order valence-electron chi connectivity index (χ4n) is 2.86. The maximum atomic E-state index is 12.3. The number of hydrogen-bond acceptors (Lipinski definition) is 6. The van der Waals surface area contributed by atoms with Gasteiger partial charge in [0, 0.05) is 30.9 Å². The van der Waals surface area contributed by atoms with Crippen molar-refractivity contribution in [2.45, 2.75) is 6.42 Å². The number of nitrogens with one attached hydrogen (secondary N) is 3. The number of morpholine rings is 1. The number of hydrogen-bond donors (Lipinski definition) is 3. The van der Waals surface area contributed by atoms with Crippen molar-refractivity contribution in [3.63, 3.8) is 0 Å². The molecule has 0 atom stereocenters. The van der Waals surface area contributed by atoms with Crippen LogP contribution in [0.2, 0.25) is 5.02 Å². The SMILES string of the molecule is N#Cc1ccc(NC(=O)Nc2cc(Cl)ccc2OCCCNC(=O)N2CCOCC2)nc1. The summed E-state index contributed by atoms with van der Waals surface area (Å²) in [6.07, 6.45) is 1.95. The number of benzene rings is 1. The van der Waals surface area contributed by atoms with E-state index in [9.17, 15) is 9.59 Å². The van der Waals surface area contributed by atoms with Gasteiger partial charge in [0.2, 0.25) is 0 Å². The van der Waals surface area contributed by atoms with Crippen LogP contribution in [0.4, 0.5) is 21.1 Å². The Bertz CT molecular complexity index is 973. The van der Waals surface area contributed by atoms with Crippen molar-refractivity contribution < 1.29 is 19.1 Å². The zero-order valence-corrected chi connectivity index (χ0v) is 18.0. The molecular weight excluding hydrogens is 436 g/mol. The number of ether oxygens (including phenoxy) is 2. The second-order valence-corrected chi connectivity index (χ2v) is 7.23. The van der Waals surface area contributed by atoms with Crippen LogP contribution in [0.3, 0.4) is 0 Å². The lowest BCUT2D eigenvalue weighted by molar-refractivity contribution is 0.0532. The van der Waals surface area contributed by atoms with Gasteiger partial charge in [-0.15, -0.1) is 0 Å². The van der Waals surface area contributed by atoms with Crippen molar-refractivity contribution in [2.24, 2.45) is 0 Å². The van der Waals surface area contributed by atoms with Gasteiger partial charge < -0.3 is 25.0 Å². The Morgan fingerprint density at radius 1 is 1.22 bits per heavy atom. The molecule has 2 aromatic rings. The Kier molecular flexibility index (Phi) is 8.48. The first-order valence-electron chi connectivity index (χ1n) is 10.0. The second kappa shape index (κ2) is 11.7. The monoisotopic (exact) mass is 458 g/mol. The van der Waals surface area contributed by atoms with Gasteiger partial charge >= 0.3 is 12.1 Å². The molecular formula is C21H23ClN6O4. The van der Waals surface area contributed by atoms with E-state index in [0.717, 1.165) is 0 Å². The molecule has 1 saturated heterocycles. The molecule has 32 heavy (non-hydrogen) atoms. The molecule has 3 N–H and O–H groups in total. The highest BCUT2D eigenvalue weighted by Gasteiger charge is 2.16. The normalized spacial score (nSPS) is 13.1. The maximum Gasteiger partial charge on any atom is 0.324 e. The van der Waals surface area contributed by atoms with E-state index in [2.05, 4.69) is 20.9 Å². The van der Waals surface area contributed by atoms with Gasteiger partial charge in [-0.3, -0.25) is 5.32 Å². The van der Waals surface area contributed by atoms with Crippen LogP contribution >= 0.6 is 11.6 Å². The summed E-state index contributed by atoms with van der Waals surface area (Å²) in [5.74, 6) is 0.735. The average molecular weight is 459 g/mol. The first-order chi connectivity index (χ1) is 15.5. The van der Waals surface area contributed by atoms with Crippen LogP contribution in [0, 0.1) is 11.3 Å². The fraction of sp³-hybridized carbons (Fsp3) is 0.333. The first kappa shape index (κ1) is 23.1. The highest BCUT2D eigenvalue weighted by Crippen LogP contribution is 2.28. The molecule has 1 fully saturated rings. The third-order valence-electron chi connectivity index (χ3n) is 4.48. The van der Waals surface area contributed by atoms with E-state index in [1.807, 2.05) is 6.07 Å². The summed E-state index contributed by atoms with van der Waals surface area (Å²) in [5, 5.41) is 17.4. The quantitative estimate of drug-likeness (QED) is 0.547. The van der Waals surface area contributed by atoms with E-state index >= 15 is 0 Å².